The van der Waals surface area contributed by atoms with E-state index in [9.17, 15) is 13.2 Å². The number of nitrogens with zero attached hydrogens (tertiary/aromatic N) is 1. The third-order valence-electron chi connectivity index (χ3n) is 6.27. The number of sulfonamides is 1. The highest BCUT2D eigenvalue weighted by molar-refractivity contribution is 7.92. The molecule has 0 aromatic heterocycles. The van der Waals surface area contributed by atoms with E-state index in [1.165, 1.54) is 51.7 Å². The van der Waals surface area contributed by atoms with E-state index in [-0.39, 0.29) is 17.3 Å². The number of anilines is 1. The van der Waals surface area contributed by atoms with Crippen LogP contribution in [0.4, 0.5) is 5.69 Å². The fourth-order valence-corrected chi connectivity index (χ4v) is 5.90. The molecule has 1 amide bonds. The topological polar surface area (TPSA) is 94.2 Å². The molecule has 0 radical (unpaired) electrons. The van der Waals surface area contributed by atoms with Crippen LogP contribution in [0.3, 0.4) is 0 Å². The molecule has 2 aromatic rings. The van der Waals surface area contributed by atoms with Crippen LogP contribution in [0.5, 0.6) is 11.5 Å². The minimum Gasteiger partial charge on any atom is -0.493 e. The summed E-state index contributed by atoms with van der Waals surface area (Å²) in [5, 5.41) is 2.84. The highest BCUT2D eigenvalue weighted by Gasteiger charge is 2.28. The summed E-state index contributed by atoms with van der Waals surface area (Å²) in [6, 6.07) is 9.87. The molecule has 198 valence electrons. The van der Waals surface area contributed by atoms with E-state index >= 15 is 0 Å². The van der Waals surface area contributed by atoms with E-state index in [2.05, 4.69) is 5.32 Å². The summed E-state index contributed by atoms with van der Waals surface area (Å²) in [4.78, 5) is 12.9. The van der Waals surface area contributed by atoms with Crippen LogP contribution in [-0.4, -0.2) is 54.3 Å². The summed E-state index contributed by atoms with van der Waals surface area (Å²) >= 11 is 0. The van der Waals surface area contributed by atoms with Gasteiger partial charge in [-0.1, -0.05) is 25.3 Å². The molecule has 0 bridgehead atoms. The summed E-state index contributed by atoms with van der Waals surface area (Å²) in [5.74, 6) is 0.333. The lowest BCUT2D eigenvalue weighted by molar-refractivity contribution is -0.119. The van der Waals surface area contributed by atoms with Crippen LogP contribution in [-0.2, 0) is 19.6 Å². The molecule has 1 aliphatic carbocycles. The van der Waals surface area contributed by atoms with Crippen molar-refractivity contribution in [2.45, 2.75) is 63.4 Å². The van der Waals surface area contributed by atoms with Crippen LogP contribution >= 0.6 is 0 Å². The van der Waals surface area contributed by atoms with Gasteiger partial charge in [-0.3, -0.25) is 9.10 Å². The van der Waals surface area contributed by atoms with Crippen molar-refractivity contribution in [3.8, 4) is 11.5 Å². The molecule has 1 fully saturated rings. The maximum atomic E-state index is 13.7. The zero-order valence-corrected chi connectivity index (χ0v) is 22.5. The lowest BCUT2D eigenvalue weighted by Crippen LogP contribution is -2.41. The quantitative estimate of drug-likeness (QED) is 0.420. The number of amides is 1. The second-order valence-corrected chi connectivity index (χ2v) is 11.1. The first-order chi connectivity index (χ1) is 17.2. The van der Waals surface area contributed by atoms with Gasteiger partial charge in [-0.15, -0.1) is 0 Å². The number of aryl methyl sites for hydroxylation is 2. The molecule has 36 heavy (non-hydrogen) atoms. The largest absolute Gasteiger partial charge is 0.493 e. The first-order valence-electron chi connectivity index (χ1n) is 12.5. The van der Waals surface area contributed by atoms with Crippen molar-refractivity contribution in [3.05, 3.63) is 47.5 Å². The highest BCUT2D eigenvalue weighted by Crippen LogP contribution is 2.32. The van der Waals surface area contributed by atoms with Crippen molar-refractivity contribution in [2.24, 2.45) is 0 Å². The molecule has 0 atom stereocenters. The molecule has 0 saturated heterocycles. The van der Waals surface area contributed by atoms with Crippen molar-refractivity contribution in [3.63, 3.8) is 0 Å². The van der Waals surface area contributed by atoms with Gasteiger partial charge in [0.1, 0.15) is 6.54 Å². The zero-order chi connectivity index (χ0) is 26.1. The molecule has 1 aliphatic rings. The summed E-state index contributed by atoms with van der Waals surface area (Å²) in [6.45, 7) is 4.44. The Morgan fingerprint density at radius 1 is 0.972 bits per heavy atom. The number of carbonyl (C=O) groups excluding carboxylic acids is 1. The molecule has 3 rings (SSSR count). The Labute approximate surface area is 215 Å². The Kier molecular flexibility index (Phi) is 10.0. The van der Waals surface area contributed by atoms with Gasteiger partial charge in [0.15, 0.2) is 11.5 Å². The Morgan fingerprint density at radius 3 is 2.28 bits per heavy atom. The number of hydrogen-bond donors (Lipinski definition) is 1. The van der Waals surface area contributed by atoms with Gasteiger partial charge < -0.3 is 19.5 Å². The number of benzene rings is 2. The summed E-state index contributed by atoms with van der Waals surface area (Å²) in [7, 11) is -1.15. The minimum absolute atomic E-state index is 0.00740. The predicted molar refractivity (Wildman–Crippen MR) is 140 cm³/mol. The number of rotatable bonds is 12. The average Bonchev–Trinajstić information content (AvgIpc) is 2.86. The average molecular weight is 519 g/mol. The maximum Gasteiger partial charge on any atom is 0.264 e. The van der Waals surface area contributed by atoms with E-state index in [1.54, 1.807) is 12.1 Å². The number of hydrogen-bond acceptors (Lipinski definition) is 6. The minimum atomic E-state index is -4.08. The summed E-state index contributed by atoms with van der Waals surface area (Å²) in [6.07, 6.45) is 6.90. The lowest BCUT2D eigenvalue weighted by atomic mass is 9.98. The molecule has 1 saturated carbocycles. The third-order valence-corrected chi connectivity index (χ3v) is 8.04. The van der Waals surface area contributed by atoms with Gasteiger partial charge in [0.25, 0.3) is 10.0 Å². The van der Waals surface area contributed by atoms with Crippen molar-refractivity contribution in [1.82, 2.24) is 5.32 Å². The van der Waals surface area contributed by atoms with Gasteiger partial charge in [0.2, 0.25) is 5.91 Å². The molecule has 8 nitrogen and oxygen atoms in total. The number of carbonyl (C=O) groups is 1. The zero-order valence-electron chi connectivity index (χ0n) is 21.7. The van der Waals surface area contributed by atoms with Crippen molar-refractivity contribution in [1.29, 1.82) is 0 Å². The fourth-order valence-electron chi connectivity index (χ4n) is 4.48. The second kappa shape index (κ2) is 13.0. The van der Waals surface area contributed by atoms with Gasteiger partial charge in [-0.2, -0.15) is 0 Å². The van der Waals surface area contributed by atoms with Gasteiger partial charge in [-0.05, 0) is 68.5 Å². The molecule has 2 aromatic carbocycles. The Balaban J connectivity index is 1.73. The van der Waals surface area contributed by atoms with Crippen LogP contribution in [0.25, 0.3) is 0 Å². The molecule has 0 aliphatic heterocycles. The summed E-state index contributed by atoms with van der Waals surface area (Å²) in [5.41, 5.74) is 2.23. The van der Waals surface area contributed by atoms with Gasteiger partial charge >= 0.3 is 0 Å². The van der Waals surface area contributed by atoms with Crippen LogP contribution in [0.15, 0.2) is 41.3 Å². The smallest absolute Gasteiger partial charge is 0.264 e. The van der Waals surface area contributed by atoms with E-state index in [0.29, 0.717) is 42.9 Å². The van der Waals surface area contributed by atoms with Crippen LogP contribution in [0.1, 0.15) is 49.7 Å². The molecule has 1 N–H and O–H groups in total. The van der Waals surface area contributed by atoms with E-state index in [4.69, 9.17) is 14.2 Å². The Hall–Kier alpha value is -2.78. The highest BCUT2D eigenvalue weighted by atomic mass is 32.2. The predicted octanol–water partition coefficient (Wildman–Crippen LogP) is 4.37. The van der Waals surface area contributed by atoms with E-state index < -0.39 is 10.0 Å². The normalized spacial score (nSPS) is 14.3. The Morgan fingerprint density at radius 2 is 1.64 bits per heavy atom. The van der Waals surface area contributed by atoms with Crippen LogP contribution < -0.4 is 19.1 Å². The summed E-state index contributed by atoms with van der Waals surface area (Å²) < 4.78 is 45.1. The molecule has 9 heteroatoms. The van der Waals surface area contributed by atoms with E-state index in [1.807, 2.05) is 19.9 Å². The van der Waals surface area contributed by atoms with Crippen LogP contribution in [0, 0.1) is 13.8 Å². The SMILES string of the molecule is COc1ccc(S(=O)(=O)N(CC(=O)NCCCOC2CCCCC2)c2cc(C)cc(C)c2)cc1OC. The molecule has 0 unspecified atom stereocenters. The fraction of sp³-hybridized carbons (Fsp3) is 0.519. The second-order valence-electron chi connectivity index (χ2n) is 9.21. The standard InChI is InChI=1S/C27H38N2O6S/c1-20-15-21(2)17-22(16-20)29(36(31,32)24-11-12-25(33-3)26(18-24)34-4)19-27(30)28-13-8-14-35-23-9-6-5-7-10-23/h11-12,15-18,23H,5-10,13-14,19H2,1-4H3,(H,28,30). The van der Waals surface area contributed by atoms with Gasteiger partial charge in [0.05, 0.1) is 30.9 Å². The molecule has 0 spiro atoms. The maximum absolute atomic E-state index is 13.7. The van der Waals surface area contributed by atoms with Crippen molar-refractivity contribution >= 4 is 21.6 Å². The van der Waals surface area contributed by atoms with Crippen molar-refractivity contribution in [2.75, 3.05) is 38.2 Å². The number of methoxy groups -OCH3 is 2. The number of nitrogens with one attached hydrogen (secondary N) is 1. The van der Waals surface area contributed by atoms with Gasteiger partial charge in [-0.25, -0.2) is 8.42 Å². The van der Waals surface area contributed by atoms with Crippen molar-refractivity contribution < 1.29 is 27.4 Å². The van der Waals surface area contributed by atoms with Gasteiger partial charge in [0, 0.05) is 19.2 Å². The molecule has 0 heterocycles. The molecular formula is C27H38N2O6S. The lowest BCUT2D eigenvalue weighted by Gasteiger charge is -2.25. The first kappa shape index (κ1) is 27.8. The van der Waals surface area contributed by atoms with Crippen LogP contribution in [0.2, 0.25) is 0 Å². The van der Waals surface area contributed by atoms with E-state index in [0.717, 1.165) is 28.3 Å². The monoisotopic (exact) mass is 518 g/mol. The number of ether oxygens (including phenoxy) is 3. The Bertz CT molecular complexity index is 1110. The first-order valence-corrected chi connectivity index (χ1v) is 13.9. The molecular weight excluding hydrogens is 480 g/mol. The third kappa shape index (κ3) is 7.36.